The molecule has 13 heavy (non-hydrogen) atoms. The van der Waals surface area contributed by atoms with Gasteiger partial charge in [-0.2, -0.15) is 0 Å². The van der Waals surface area contributed by atoms with Crippen molar-refractivity contribution in [1.29, 1.82) is 0 Å². The maximum absolute atomic E-state index is 5.27. The van der Waals surface area contributed by atoms with Crippen LogP contribution in [0.25, 0.3) is 0 Å². The molecule has 0 saturated heterocycles. The van der Waals surface area contributed by atoms with Gasteiger partial charge in [-0.25, -0.2) is 0 Å². The molecule has 1 aliphatic rings. The van der Waals surface area contributed by atoms with Crippen molar-refractivity contribution in [2.45, 2.75) is 46.5 Å². The van der Waals surface area contributed by atoms with Gasteiger partial charge in [0.05, 0.1) is 0 Å². The summed E-state index contributed by atoms with van der Waals surface area (Å²) in [5.41, 5.74) is 0.868. The zero-order valence-corrected chi connectivity index (χ0v) is 9.06. The van der Waals surface area contributed by atoms with Gasteiger partial charge in [0, 0.05) is 11.8 Å². The van der Waals surface area contributed by atoms with E-state index in [4.69, 9.17) is 6.42 Å². The largest absolute Gasteiger partial charge is 0.120 e. The Morgan fingerprint density at radius 2 is 1.85 bits per heavy atom. The molecule has 0 aromatic carbocycles. The Morgan fingerprint density at radius 1 is 1.23 bits per heavy atom. The third-order valence-electron chi connectivity index (χ3n) is 2.71. The van der Waals surface area contributed by atoms with Gasteiger partial charge in [0.25, 0.3) is 0 Å². The predicted octanol–water partition coefficient (Wildman–Crippen LogP) is 3.78. The van der Waals surface area contributed by atoms with Crippen molar-refractivity contribution in [3.05, 3.63) is 12.2 Å². The Bertz CT molecular complexity index is 226. The molecule has 1 rings (SSSR count). The van der Waals surface area contributed by atoms with E-state index in [1.54, 1.807) is 0 Å². The Balaban J connectivity index is 2.25. The Morgan fingerprint density at radius 3 is 2.23 bits per heavy atom. The van der Waals surface area contributed by atoms with Gasteiger partial charge in [-0.3, -0.25) is 0 Å². The smallest absolute Gasteiger partial charge is 0.00973 e. The first kappa shape index (κ1) is 10.4. The Labute approximate surface area is 82.4 Å². The van der Waals surface area contributed by atoms with E-state index in [9.17, 15) is 0 Å². The topological polar surface area (TPSA) is 0 Å². The molecule has 0 bridgehead atoms. The standard InChI is InChI=1S/C13H20/c1-5-6-7-13(10-11-13)9-8-12(2,3)4/h1,10-11H,6-9H2,2-4H3. The summed E-state index contributed by atoms with van der Waals surface area (Å²) in [5, 5.41) is 0. The van der Waals surface area contributed by atoms with Crippen LogP contribution < -0.4 is 0 Å². The van der Waals surface area contributed by atoms with Crippen molar-refractivity contribution in [1.82, 2.24) is 0 Å². The fourth-order valence-electron chi connectivity index (χ4n) is 1.49. The number of hydrogen-bond donors (Lipinski definition) is 0. The highest BCUT2D eigenvalue weighted by Gasteiger charge is 2.33. The SMILES string of the molecule is C#CCCC1(CCC(C)(C)C)C=C1. The molecule has 0 spiro atoms. The van der Waals surface area contributed by atoms with E-state index in [0.29, 0.717) is 10.8 Å². The maximum Gasteiger partial charge on any atom is 0.00973 e. The molecule has 1 aliphatic carbocycles. The van der Waals surface area contributed by atoms with Gasteiger partial charge in [-0.15, -0.1) is 12.3 Å². The highest BCUT2D eigenvalue weighted by molar-refractivity contribution is 5.26. The molecule has 0 heteroatoms. The molecule has 0 heterocycles. The van der Waals surface area contributed by atoms with E-state index in [1.807, 2.05) is 0 Å². The van der Waals surface area contributed by atoms with E-state index in [1.165, 1.54) is 12.8 Å². The average molecular weight is 176 g/mol. The molecular formula is C13H20. The minimum absolute atomic E-state index is 0.416. The molecule has 0 amide bonds. The summed E-state index contributed by atoms with van der Waals surface area (Å²) in [6.07, 6.45) is 14.5. The monoisotopic (exact) mass is 176 g/mol. The van der Waals surface area contributed by atoms with Gasteiger partial charge in [-0.05, 0) is 24.7 Å². The fraction of sp³-hybridized carbons (Fsp3) is 0.692. The summed E-state index contributed by atoms with van der Waals surface area (Å²) in [7, 11) is 0. The van der Waals surface area contributed by atoms with Gasteiger partial charge in [0.2, 0.25) is 0 Å². The lowest BCUT2D eigenvalue weighted by Crippen LogP contribution is -2.10. The predicted molar refractivity (Wildman–Crippen MR) is 58.3 cm³/mol. The maximum atomic E-state index is 5.27. The van der Waals surface area contributed by atoms with Crippen LogP contribution in [0.2, 0.25) is 0 Å². The third-order valence-corrected chi connectivity index (χ3v) is 2.71. The van der Waals surface area contributed by atoms with Gasteiger partial charge >= 0.3 is 0 Å². The molecule has 0 atom stereocenters. The van der Waals surface area contributed by atoms with Crippen LogP contribution in [0.4, 0.5) is 0 Å². The fourth-order valence-corrected chi connectivity index (χ4v) is 1.49. The van der Waals surface area contributed by atoms with Crippen molar-refractivity contribution in [3.8, 4) is 12.3 Å². The summed E-state index contributed by atoms with van der Waals surface area (Å²) in [6, 6.07) is 0. The van der Waals surface area contributed by atoms with E-state index < -0.39 is 0 Å². The van der Waals surface area contributed by atoms with Gasteiger partial charge < -0.3 is 0 Å². The first-order valence-electron chi connectivity index (χ1n) is 5.11. The van der Waals surface area contributed by atoms with E-state index in [0.717, 1.165) is 12.8 Å². The molecule has 0 aliphatic heterocycles. The molecule has 0 saturated carbocycles. The molecule has 0 unspecified atom stereocenters. The normalized spacial score (nSPS) is 18.3. The number of allylic oxidation sites excluding steroid dienone is 2. The molecule has 0 fully saturated rings. The molecule has 72 valence electrons. The number of hydrogen-bond acceptors (Lipinski definition) is 0. The van der Waals surface area contributed by atoms with E-state index in [2.05, 4.69) is 38.8 Å². The van der Waals surface area contributed by atoms with Crippen LogP contribution in [0, 0.1) is 23.2 Å². The molecule has 0 aromatic rings. The van der Waals surface area contributed by atoms with Crippen molar-refractivity contribution in [2.24, 2.45) is 10.8 Å². The van der Waals surface area contributed by atoms with Crippen molar-refractivity contribution in [3.63, 3.8) is 0 Å². The van der Waals surface area contributed by atoms with Gasteiger partial charge in [-0.1, -0.05) is 32.9 Å². The zero-order valence-electron chi connectivity index (χ0n) is 9.06. The van der Waals surface area contributed by atoms with Crippen LogP contribution in [0.1, 0.15) is 46.5 Å². The third kappa shape index (κ3) is 3.68. The molecule has 0 aromatic heterocycles. The van der Waals surface area contributed by atoms with Crippen molar-refractivity contribution < 1.29 is 0 Å². The lowest BCUT2D eigenvalue weighted by molar-refractivity contribution is 0.318. The second-order valence-electron chi connectivity index (χ2n) is 5.33. The number of rotatable bonds is 4. The van der Waals surface area contributed by atoms with Gasteiger partial charge in [0.1, 0.15) is 0 Å². The first-order valence-corrected chi connectivity index (χ1v) is 5.11. The molecule has 0 N–H and O–H groups in total. The summed E-state index contributed by atoms with van der Waals surface area (Å²) in [6.45, 7) is 6.89. The highest BCUT2D eigenvalue weighted by Crippen LogP contribution is 2.45. The van der Waals surface area contributed by atoms with E-state index >= 15 is 0 Å². The quantitative estimate of drug-likeness (QED) is 0.451. The molecule has 0 radical (unpaired) electrons. The second kappa shape index (κ2) is 3.58. The Hall–Kier alpha value is -0.700. The van der Waals surface area contributed by atoms with Crippen LogP contribution in [-0.4, -0.2) is 0 Å². The number of terminal acetylenes is 1. The molecule has 0 nitrogen and oxygen atoms in total. The lowest BCUT2D eigenvalue weighted by atomic mass is 9.82. The summed E-state index contributed by atoms with van der Waals surface area (Å²) >= 11 is 0. The van der Waals surface area contributed by atoms with Crippen molar-refractivity contribution in [2.75, 3.05) is 0 Å². The van der Waals surface area contributed by atoms with E-state index in [-0.39, 0.29) is 0 Å². The van der Waals surface area contributed by atoms with Crippen LogP contribution in [-0.2, 0) is 0 Å². The minimum Gasteiger partial charge on any atom is -0.120 e. The zero-order chi connectivity index (χ0) is 9.95. The Kier molecular flexibility index (Phi) is 2.86. The van der Waals surface area contributed by atoms with Crippen LogP contribution >= 0.6 is 0 Å². The lowest BCUT2D eigenvalue weighted by Gasteiger charge is -2.22. The summed E-state index contributed by atoms with van der Waals surface area (Å²) in [4.78, 5) is 0. The first-order chi connectivity index (χ1) is 5.97. The minimum atomic E-state index is 0.416. The van der Waals surface area contributed by atoms with Crippen LogP contribution in [0.3, 0.4) is 0 Å². The van der Waals surface area contributed by atoms with Crippen molar-refractivity contribution >= 4 is 0 Å². The highest BCUT2D eigenvalue weighted by atomic mass is 14.4. The van der Waals surface area contributed by atoms with Crippen LogP contribution in [0.15, 0.2) is 12.2 Å². The van der Waals surface area contributed by atoms with Crippen LogP contribution in [0.5, 0.6) is 0 Å². The summed E-state index contributed by atoms with van der Waals surface area (Å²) in [5.74, 6) is 2.72. The summed E-state index contributed by atoms with van der Waals surface area (Å²) < 4.78 is 0. The average Bonchev–Trinajstić information content (AvgIpc) is 2.77. The molecular weight excluding hydrogens is 156 g/mol. The van der Waals surface area contributed by atoms with Gasteiger partial charge in [0.15, 0.2) is 0 Å². The second-order valence-corrected chi connectivity index (χ2v) is 5.33.